The van der Waals surface area contributed by atoms with Crippen LogP contribution in [-0.2, 0) is 0 Å². The van der Waals surface area contributed by atoms with E-state index < -0.39 is 0 Å². The summed E-state index contributed by atoms with van der Waals surface area (Å²) < 4.78 is 0. The average molecular weight is 211 g/mol. The second-order valence-corrected chi connectivity index (χ2v) is 5.31. The Morgan fingerprint density at radius 1 is 1.00 bits per heavy atom. The Balaban J connectivity index is 1.78. The molecule has 0 unspecified atom stereocenters. The Kier molecular flexibility index (Phi) is 4.45. The number of hydrogen-bond donors (Lipinski definition) is 1. The van der Waals surface area contributed by atoms with Crippen molar-refractivity contribution in [3.05, 3.63) is 0 Å². The van der Waals surface area contributed by atoms with E-state index in [1.54, 1.807) is 0 Å². The summed E-state index contributed by atoms with van der Waals surface area (Å²) in [6, 6.07) is 0.839. The Hall–Kier alpha value is -0.0800. The van der Waals surface area contributed by atoms with Gasteiger partial charge < -0.3 is 10.0 Å². The van der Waals surface area contributed by atoms with Crippen LogP contribution in [0.3, 0.4) is 0 Å². The molecule has 2 aliphatic rings. The maximum Gasteiger partial charge on any atom is 0.0443 e. The summed E-state index contributed by atoms with van der Waals surface area (Å²) in [6.07, 6.45) is 10.9. The van der Waals surface area contributed by atoms with Gasteiger partial charge in [0.2, 0.25) is 0 Å². The van der Waals surface area contributed by atoms with Crippen molar-refractivity contribution in [3.8, 4) is 0 Å². The summed E-state index contributed by atoms with van der Waals surface area (Å²) in [5.74, 6) is 0.991. The molecule has 0 aliphatic heterocycles. The Bertz CT molecular complexity index is 173. The first kappa shape index (κ1) is 11.4. The standard InChI is InChI=1S/C13H25NO/c15-10-4-9-14(11-12-7-8-12)13-5-2-1-3-6-13/h12-13,15H,1-11H2. The van der Waals surface area contributed by atoms with E-state index in [1.807, 2.05) is 0 Å². The lowest BCUT2D eigenvalue weighted by atomic mass is 9.94. The van der Waals surface area contributed by atoms with E-state index in [2.05, 4.69) is 4.90 Å². The zero-order chi connectivity index (χ0) is 10.5. The number of hydrogen-bond acceptors (Lipinski definition) is 2. The van der Waals surface area contributed by atoms with E-state index >= 15 is 0 Å². The lowest BCUT2D eigenvalue weighted by Gasteiger charge is -2.34. The maximum absolute atomic E-state index is 8.94. The van der Waals surface area contributed by atoms with Crippen LogP contribution in [0.15, 0.2) is 0 Å². The number of aliphatic hydroxyl groups is 1. The van der Waals surface area contributed by atoms with Crippen molar-refractivity contribution in [2.45, 2.75) is 57.4 Å². The van der Waals surface area contributed by atoms with Gasteiger partial charge in [-0.25, -0.2) is 0 Å². The molecule has 0 heterocycles. The zero-order valence-electron chi connectivity index (χ0n) is 9.83. The summed E-state index contributed by atoms with van der Waals surface area (Å²) in [7, 11) is 0. The predicted octanol–water partition coefficient (Wildman–Crippen LogP) is 2.41. The first-order valence-corrected chi connectivity index (χ1v) is 6.75. The second kappa shape index (κ2) is 5.86. The van der Waals surface area contributed by atoms with Gasteiger partial charge in [-0.05, 0) is 38.0 Å². The van der Waals surface area contributed by atoms with Gasteiger partial charge in [0, 0.05) is 25.7 Å². The molecule has 0 saturated heterocycles. The van der Waals surface area contributed by atoms with E-state index in [0.29, 0.717) is 6.61 Å². The minimum absolute atomic E-state index is 0.355. The van der Waals surface area contributed by atoms with Crippen molar-refractivity contribution in [1.82, 2.24) is 4.90 Å². The second-order valence-electron chi connectivity index (χ2n) is 5.31. The molecule has 2 aliphatic carbocycles. The fourth-order valence-electron chi connectivity index (χ4n) is 2.77. The normalized spacial score (nSPS) is 23.6. The van der Waals surface area contributed by atoms with Crippen LogP contribution in [0, 0.1) is 5.92 Å². The third-order valence-electron chi connectivity index (χ3n) is 3.88. The summed E-state index contributed by atoms with van der Waals surface area (Å²) in [5.41, 5.74) is 0. The largest absolute Gasteiger partial charge is 0.396 e. The minimum atomic E-state index is 0.355. The first-order valence-electron chi connectivity index (χ1n) is 6.75. The van der Waals surface area contributed by atoms with Crippen molar-refractivity contribution in [3.63, 3.8) is 0 Å². The van der Waals surface area contributed by atoms with Gasteiger partial charge in [0.1, 0.15) is 0 Å². The molecule has 0 aromatic carbocycles. The van der Waals surface area contributed by atoms with Gasteiger partial charge in [0.15, 0.2) is 0 Å². The molecule has 0 spiro atoms. The van der Waals surface area contributed by atoms with Crippen LogP contribution in [0.4, 0.5) is 0 Å². The summed E-state index contributed by atoms with van der Waals surface area (Å²) in [5, 5.41) is 8.94. The van der Waals surface area contributed by atoms with E-state index in [4.69, 9.17) is 5.11 Å². The van der Waals surface area contributed by atoms with Crippen molar-refractivity contribution in [2.75, 3.05) is 19.7 Å². The van der Waals surface area contributed by atoms with Gasteiger partial charge in [-0.1, -0.05) is 19.3 Å². The van der Waals surface area contributed by atoms with Crippen LogP contribution in [0.25, 0.3) is 0 Å². The summed E-state index contributed by atoms with van der Waals surface area (Å²) in [4.78, 5) is 2.67. The Morgan fingerprint density at radius 3 is 2.33 bits per heavy atom. The topological polar surface area (TPSA) is 23.5 Å². The molecule has 2 saturated carbocycles. The quantitative estimate of drug-likeness (QED) is 0.729. The lowest BCUT2D eigenvalue weighted by Crippen LogP contribution is -2.39. The molecule has 2 heteroatoms. The molecule has 0 atom stereocenters. The molecule has 0 amide bonds. The SMILES string of the molecule is OCCCN(CC1CC1)C1CCCCC1. The molecule has 1 N–H and O–H groups in total. The highest BCUT2D eigenvalue weighted by Gasteiger charge is 2.28. The van der Waals surface area contributed by atoms with E-state index in [9.17, 15) is 0 Å². The van der Waals surface area contributed by atoms with E-state index in [-0.39, 0.29) is 0 Å². The van der Waals surface area contributed by atoms with Crippen molar-refractivity contribution in [2.24, 2.45) is 5.92 Å². The van der Waals surface area contributed by atoms with Crippen LogP contribution < -0.4 is 0 Å². The molecule has 2 nitrogen and oxygen atoms in total. The molecule has 0 aromatic rings. The fraction of sp³-hybridized carbons (Fsp3) is 1.00. The number of rotatable bonds is 6. The smallest absolute Gasteiger partial charge is 0.0443 e. The molecule has 15 heavy (non-hydrogen) atoms. The van der Waals surface area contributed by atoms with Crippen molar-refractivity contribution >= 4 is 0 Å². The third kappa shape index (κ3) is 3.76. The molecular formula is C13H25NO. The van der Waals surface area contributed by atoms with E-state index in [0.717, 1.165) is 24.9 Å². The van der Waals surface area contributed by atoms with E-state index in [1.165, 1.54) is 51.5 Å². The van der Waals surface area contributed by atoms with Gasteiger partial charge >= 0.3 is 0 Å². The minimum Gasteiger partial charge on any atom is -0.396 e. The molecule has 0 radical (unpaired) electrons. The van der Waals surface area contributed by atoms with Crippen molar-refractivity contribution in [1.29, 1.82) is 0 Å². The molecule has 2 rings (SSSR count). The van der Waals surface area contributed by atoms with Crippen LogP contribution in [0.2, 0.25) is 0 Å². The Labute approximate surface area is 93.7 Å². The molecule has 2 fully saturated rings. The molecule has 0 aromatic heterocycles. The van der Waals surface area contributed by atoms with Gasteiger partial charge in [-0.15, -0.1) is 0 Å². The average Bonchev–Trinajstić information content (AvgIpc) is 3.09. The van der Waals surface area contributed by atoms with Gasteiger partial charge in [0.05, 0.1) is 0 Å². The van der Waals surface area contributed by atoms with Gasteiger partial charge in [-0.2, -0.15) is 0 Å². The van der Waals surface area contributed by atoms with Gasteiger partial charge in [0.25, 0.3) is 0 Å². The molecular weight excluding hydrogens is 186 g/mol. The predicted molar refractivity (Wildman–Crippen MR) is 62.9 cm³/mol. The van der Waals surface area contributed by atoms with Crippen molar-refractivity contribution < 1.29 is 5.11 Å². The summed E-state index contributed by atoms with van der Waals surface area (Å²) >= 11 is 0. The first-order chi connectivity index (χ1) is 7.40. The third-order valence-corrected chi connectivity index (χ3v) is 3.88. The van der Waals surface area contributed by atoms with Crippen LogP contribution in [0.1, 0.15) is 51.4 Å². The monoisotopic (exact) mass is 211 g/mol. The molecule has 0 bridgehead atoms. The lowest BCUT2D eigenvalue weighted by molar-refractivity contribution is 0.136. The summed E-state index contributed by atoms with van der Waals surface area (Å²) in [6.45, 7) is 2.79. The highest BCUT2D eigenvalue weighted by Crippen LogP contribution is 2.32. The van der Waals surface area contributed by atoms with Crippen LogP contribution in [-0.4, -0.2) is 35.7 Å². The number of nitrogens with zero attached hydrogens (tertiary/aromatic N) is 1. The highest BCUT2D eigenvalue weighted by molar-refractivity contribution is 4.82. The zero-order valence-corrected chi connectivity index (χ0v) is 9.83. The van der Waals surface area contributed by atoms with Crippen LogP contribution in [0.5, 0.6) is 0 Å². The number of aliphatic hydroxyl groups excluding tert-OH is 1. The Morgan fingerprint density at radius 2 is 1.73 bits per heavy atom. The molecule has 88 valence electrons. The van der Waals surface area contributed by atoms with Crippen LogP contribution >= 0.6 is 0 Å². The fourth-order valence-corrected chi connectivity index (χ4v) is 2.77. The highest BCUT2D eigenvalue weighted by atomic mass is 16.3. The maximum atomic E-state index is 8.94. The van der Waals surface area contributed by atoms with Gasteiger partial charge in [-0.3, -0.25) is 0 Å².